The van der Waals surface area contributed by atoms with Crippen LogP contribution in [0, 0.1) is 0 Å². The number of β-amino-alcohol motifs (C(OH)–C–C–N with tert-alkyl or cyclic N) is 1. The minimum atomic E-state index is -0.497. The standard InChI is InChI=1S/C13H12ClN3O3S/c14-9-5-7(1-2-8(9)12(15)21)16-10-6-11(19)17(3-4-18)13(10)20/h1-2,5-6,16,18H,3-4H2,(H2,15,21). The van der Waals surface area contributed by atoms with Gasteiger partial charge in [-0.15, -0.1) is 0 Å². The number of imide groups is 1. The summed E-state index contributed by atoms with van der Waals surface area (Å²) in [6, 6.07) is 4.83. The molecule has 1 aliphatic heterocycles. The highest BCUT2D eigenvalue weighted by Crippen LogP contribution is 2.23. The molecule has 2 rings (SSSR count). The van der Waals surface area contributed by atoms with Crippen molar-refractivity contribution < 1.29 is 14.7 Å². The fourth-order valence-electron chi connectivity index (χ4n) is 1.86. The molecule has 21 heavy (non-hydrogen) atoms. The number of hydrogen-bond donors (Lipinski definition) is 3. The number of amides is 2. The number of benzene rings is 1. The summed E-state index contributed by atoms with van der Waals surface area (Å²) in [5.74, 6) is -0.967. The van der Waals surface area contributed by atoms with Crippen LogP contribution in [0.1, 0.15) is 5.56 Å². The summed E-state index contributed by atoms with van der Waals surface area (Å²) in [6.45, 7) is -0.326. The molecule has 6 nitrogen and oxygen atoms in total. The Bertz CT molecular complexity index is 660. The minimum Gasteiger partial charge on any atom is -0.395 e. The predicted molar refractivity (Wildman–Crippen MR) is 82.9 cm³/mol. The molecule has 0 fully saturated rings. The van der Waals surface area contributed by atoms with Crippen molar-refractivity contribution in [1.82, 2.24) is 4.90 Å². The summed E-state index contributed by atoms with van der Waals surface area (Å²) in [7, 11) is 0. The van der Waals surface area contributed by atoms with Crippen molar-refractivity contribution >= 4 is 46.3 Å². The van der Waals surface area contributed by atoms with Crippen molar-refractivity contribution in [2.75, 3.05) is 18.5 Å². The Labute approximate surface area is 131 Å². The molecule has 1 aromatic rings. The number of rotatable bonds is 5. The van der Waals surface area contributed by atoms with E-state index in [1.807, 2.05) is 0 Å². The third kappa shape index (κ3) is 3.21. The maximum atomic E-state index is 12.0. The van der Waals surface area contributed by atoms with E-state index in [0.717, 1.165) is 4.90 Å². The Morgan fingerprint density at radius 3 is 2.71 bits per heavy atom. The third-order valence-electron chi connectivity index (χ3n) is 2.85. The van der Waals surface area contributed by atoms with Gasteiger partial charge < -0.3 is 16.2 Å². The van der Waals surface area contributed by atoms with Gasteiger partial charge in [-0.1, -0.05) is 23.8 Å². The van der Waals surface area contributed by atoms with Gasteiger partial charge in [0.1, 0.15) is 10.7 Å². The highest BCUT2D eigenvalue weighted by atomic mass is 35.5. The first-order valence-corrected chi connectivity index (χ1v) is 6.77. The van der Waals surface area contributed by atoms with Gasteiger partial charge in [0.25, 0.3) is 11.8 Å². The third-order valence-corrected chi connectivity index (χ3v) is 3.38. The number of nitrogens with one attached hydrogen (secondary N) is 1. The Morgan fingerprint density at radius 2 is 2.14 bits per heavy atom. The van der Waals surface area contributed by atoms with E-state index in [1.54, 1.807) is 18.2 Å². The average Bonchev–Trinajstić information content (AvgIpc) is 2.66. The lowest BCUT2D eigenvalue weighted by molar-refractivity contribution is -0.137. The highest BCUT2D eigenvalue weighted by Gasteiger charge is 2.30. The summed E-state index contributed by atoms with van der Waals surface area (Å²) in [4.78, 5) is 24.7. The van der Waals surface area contributed by atoms with E-state index >= 15 is 0 Å². The van der Waals surface area contributed by atoms with E-state index in [2.05, 4.69) is 5.32 Å². The highest BCUT2D eigenvalue weighted by molar-refractivity contribution is 7.80. The molecule has 1 aromatic carbocycles. The number of aliphatic hydroxyl groups is 1. The normalized spacial score (nSPS) is 14.4. The monoisotopic (exact) mass is 325 g/mol. The smallest absolute Gasteiger partial charge is 0.277 e. The van der Waals surface area contributed by atoms with Crippen LogP contribution in [0.4, 0.5) is 5.69 Å². The quantitative estimate of drug-likeness (QED) is 0.543. The number of thiocarbonyl (C=S) groups is 1. The lowest BCUT2D eigenvalue weighted by Crippen LogP contribution is -2.34. The average molecular weight is 326 g/mol. The van der Waals surface area contributed by atoms with Crippen molar-refractivity contribution in [3.05, 3.63) is 40.6 Å². The van der Waals surface area contributed by atoms with Crippen LogP contribution in [0.3, 0.4) is 0 Å². The van der Waals surface area contributed by atoms with E-state index in [9.17, 15) is 9.59 Å². The lowest BCUT2D eigenvalue weighted by Gasteiger charge is -2.13. The summed E-state index contributed by atoms with van der Waals surface area (Å²) in [5, 5.41) is 12.0. The first-order valence-electron chi connectivity index (χ1n) is 5.99. The summed E-state index contributed by atoms with van der Waals surface area (Å²) in [5.41, 5.74) is 6.68. The second kappa shape index (κ2) is 6.21. The van der Waals surface area contributed by atoms with Crippen molar-refractivity contribution in [2.45, 2.75) is 0 Å². The zero-order chi connectivity index (χ0) is 15.6. The van der Waals surface area contributed by atoms with Crippen LogP contribution >= 0.6 is 23.8 Å². The molecule has 0 unspecified atom stereocenters. The van der Waals surface area contributed by atoms with Gasteiger partial charge in [-0.05, 0) is 18.2 Å². The van der Waals surface area contributed by atoms with Crippen LogP contribution in [0.15, 0.2) is 30.0 Å². The zero-order valence-corrected chi connectivity index (χ0v) is 12.4. The molecule has 4 N–H and O–H groups in total. The predicted octanol–water partition coefficient (Wildman–Crippen LogP) is 0.631. The van der Waals surface area contributed by atoms with Gasteiger partial charge in [0.15, 0.2) is 0 Å². The Balaban J connectivity index is 2.18. The number of halogens is 1. The largest absolute Gasteiger partial charge is 0.395 e. The first-order chi connectivity index (χ1) is 9.93. The molecular weight excluding hydrogens is 314 g/mol. The van der Waals surface area contributed by atoms with E-state index in [1.165, 1.54) is 6.08 Å². The van der Waals surface area contributed by atoms with Crippen LogP contribution in [-0.4, -0.2) is 40.0 Å². The molecule has 0 radical (unpaired) electrons. The van der Waals surface area contributed by atoms with Gasteiger partial charge in [0.2, 0.25) is 0 Å². The molecule has 0 aromatic heterocycles. The van der Waals surface area contributed by atoms with Crippen LogP contribution in [0.25, 0.3) is 0 Å². The second-order valence-corrected chi connectivity index (χ2v) is 5.11. The number of anilines is 1. The Morgan fingerprint density at radius 1 is 1.43 bits per heavy atom. The summed E-state index contributed by atoms with van der Waals surface area (Å²) in [6.07, 6.45) is 1.17. The van der Waals surface area contributed by atoms with Crippen molar-refractivity contribution in [1.29, 1.82) is 0 Å². The topological polar surface area (TPSA) is 95.7 Å². The molecule has 0 aliphatic carbocycles. The van der Waals surface area contributed by atoms with Gasteiger partial charge in [0, 0.05) is 17.3 Å². The minimum absolute atomic E-state index is 0.0412. The van der Waals surface area contributed by atoms with Crippen LogP contribution in [0.2, 0.25) is 5.02 Å². The molecule has 1 aliphatic rings. The van der Waals surface area contributed by atoms with Crippen LogP contribution in [-0.2, 0) is 9.59 Å². The molecule has 0 saturated carbocycles. The molecule has 8 heteroatoms. The van der Waals surface area contributed by atoms with Gasteiger partial charge in [-0.2, -0.15) is 0 Å². The van der Waals surface area contributed by atoms with E-state index in [0.29, 0.717) is 16.3 Å². The van der Waals surface area contributed by atoms with Crippen LogP contribution < -0.4 is 11.1 Å². The van der Waals surface area contributed by atoms with Gasteiger partial charge in [-0.3, -0.25) is 14.5 Å². The molecule has 2 amide bonds. The molecule has 0 saturated heterocycles. The van der Waals surface area contributed by atoms with E-state index < -0.39 is 11.8 Å². The summed E-state index contributed by atoms with van der Waals surface area (Å²) < 4.78 is 0. The van der Waals surface area contributed by atoms with Gasteiger partial charge in [-0.25, -0.2) is 0 Å². The molecule has 0 bridgehead atoms. The van der Waals surface area contributed by atoms with Gasteiger partial charge >= 0.3 is 0 Å². The number of nitrogens with zero attached hydrogens (tertiary/aromatic N) is 1. The molecule has 110 valence electrons. The second-order valence-electron chi connectivity index (χ2n) is 4.26. The SMILES string of the molecule is NC(=S)c1ccc(NC2=CC(=O)N(CCO)C2=O)cc1Cl. The molecule has 0 spiro atoms. The van der Waals surface area contributed by atoms with Crippen LogP contribution in [0.5, 0.6) is 0 Å². The number of aliphatic hydroxyl groups excluding tert-OH is 1. The number of hydrogen-bond acceptors (Lipinski definition) is 5. The van der Waals surface area contributed by atoms with Gasteiger partial charge in [0.05, 0.1) is 18.2 Å². The maximum Gasteiger partial charge on any atom is 0.277 e. The zero-order valence-electron chi connectivity index (χ0n) is 10.8. The fraction of sp³-hybridized carbons (Fsp3) is 0.154. The maximum absolute atomic E-state index is 12.0. The van der Waals surface area contributed by atoms with E-state index in [-0.39, 0.29) is 23.8 Å². The fourth-order valence-corrected chi connectivity index (χ4v) is 2.37. The van der Waals surface area contributed by atoms with Crippen molar-refractivity contribution in [3.63, 3.8) is 0 Å². The number of nitrogens with two attached hydrogens (primary N) is 1. The lowest BCUT2D eigenvalue weighted by atomic mass is 10.2. The van der Waals surface area contributed by atoms with Crippen molar-refractivity contribution in [2.24, 2.45) is 5.73 Å². The first kappa shape index (κ1) is 15.4. The van der Waals surface area contributed by atoms with Crippen molar-refractivity contribution in [3.8, 4) is 0 Å². The molecular formula is C13H12ClN3O3S. The number of carbonyl (C=O) groups is 2. The Hall–Kier alpha value is -1.96. The Kier molecular flexibility index (Phi) is 4.56. The molecule has 1 heterocycles. The number of carbonyl (C=O) groups excluding carboxylic acids is 2. The summed E-state index contributed by atoms with van der Waals surface area (Å²) >= 11 is 10.9. The van der Waals surface area contributed by atoms with E-state index in [4.69, 9.17) is 34.7 Å². The molecule has 0 atom stereocenters.